The van der Waals surface area contributed by atoms with Crippen molar-refractivity contribution >= 4 is 5.91 Å². The number of likely N-dealkylation sites (N-methyl/N-ethyl adjacent to an activating group) is 1. The number of piperazine rings is 1. The first kappa shape index (κ1) is 16.9. The van der Waals surface area contributed by atoms with Crippen LogP contribution in [0.2, 0.25) is 0 Å². The number of benzene rings is 1. The number of aromatic nitrogens is 2. The summed E-state index contributed by atoms with van der Waals surface area (Å²) in [5.74, 6) is 1.36. The van der Waals surface area contributed by atoms with Gasteiger partial charge in [-0.05, 0) is 26.1 Å². The summed E-state index contributed by atoms with van der Waals surface area (Å²) in [6.45, 7) is 3.40. The van der Waals surface area contributed by atoms with Gasteiger partial charge in [-0.3, -0.25) is 9.69 Å². The number of amides is 1. The Morgan fingerprint density at radius 3 is 2.96 bits per heavy atom. The third-order valence-electron chi connectivity index (χ3n) is 4.17. The second-order valence-corrected chi connectivity index (χ2v) is 5.87. The van der Waals surface area contributed by atoms with Gasteiger partial charge in [0.1, 0.15) is 17.9 Å². The Labute approximate surface area is 145 Å². The zero-order valence-electron chi connectivity index (χ0n) is 14.2. The third kappa shape index (κ3) is 3.61. The van der Waals surface area contributed by atoms with Crippen molar-refractivity contribution in [3.05, 3.63) is 41.5 Å². The standard InChI is InChI=1S/C17H19N5O3/c1-12-19-16(25-20-12)14-11-22(9-8-21(14)2)17(23)13-5-3-4-6-15(13)24-10-7-18/h3-6,14H,8-11H2,1-2H3. The highest BCUT2D eigenvalue weighted by Gasteiger charge is 2.33. The topological polar surface area (TPSA) is 95.5 Å². The van der Waals surface area contributed by atoms with Crippen molar-refractivity contribution < 1.29 is 14.1 Å². The number of nitrogens with zero attached hydrogens (tertiary/aromatic N) is 5. The molecule has 0 aliphatic carbocycles. The number of hydrogen-bond donors (Lipinski definition) is 0. The molecule has 1 aromatic carbocycles. The molecule has 25 heavy (non-hydrogen) atoms. The summed E-state index contributed by atoms with van der Waals surface area (Å²) in [4.78, 5) is 21.1. The van der Waals surface area contributed by atoms with Gasteiger partial charge >= 0.3 is 0 Å². The van der Waals surface area contributed by atoms with Gasteiger partial charge in [-0.25, -0.2) is 0 Å². The zero-order chi connectivity index (χ0) is 17.8. The third-order valence-corrected chi connectivity index (χ3v) is 4.17. The summed E-state index contributed by atoms with van der Waals surface area (Å²) in [7, 11) is 1.97. The number of para-hydroxylation sites is 1. The molecule has 1 amide bonds. The number of ether oxygens (including phenoxy) is 1. The molecule has 2 aromatic rings. The molecule has 2 heterocycles. The maximum absolute atomic E-state index is 13.0. The second kappa shape index (κ2) is 7.32. The molecule has 8 nitrogen and oxygen atoms in total. The maximum atomic E-state index is 13.0. The molecular formula is C17H19N5O3. The van der Waals surface area contributed by atoms with Crippen molar-refractivity contribution in [2.45, 2.75) is 13.0 Å². The summed E-state index contributed by atoms with van der Waals surface area (Å²) < 4.78 is 10.7. The van der Waals surface area contributed by atoms with Crippen molar-refractivity contribution in [3.8, 4) is 11.8 Å². The van der Waals surface area contributed by atoms with E-state index < -0.39 is 0 Å². The number of rotatable bonds is 4. The largest absolute Gasteiger partial charge is 0.478 e. The fourth-order valence-corrected chi connectivity index (χ4v) is 2.82. The first-order valence-corrected chi connectivity index (χ1v) is 7.98. The maximum Gasteiger partial charge on any atom is 0.257 e. The molecule has 1 aromatic heterocycles. The number of carbonyl (C=O) groups is 1. The fraction of sp³-hybridized carbons (Fsp3) is 0.412. The monoisotopic (exact) mass is 341 g/mol. The molecule has 1 aliphatic rings. The lowest BCUT2D eigenvalue weighted by Crippen LogP contribution is -2.49. The lowest BCUT2D eigenvalue weighted by atomic mass is 10.1. The lowest BCUT2D eigenvalue weighted by molar-refractivity contribution is 0.0486. The zero-order valence-corrected chi connectivity index (χ0v) is 14.2. The molecule has 3 rings (SSSR count). The minimum Gasteiger partial charge on any atom is -0.478 e. The van der Waals surface area contributed by atoms with Gasteiger partial charge in [0.2, 0.25) is 5.89 Å². The van der Waals surface area contributed by atoms with Crippen LogP contribution < -0.4 is 4.74 Å². The first-order valence-electron chi connectivity index (χ1n) is 7.98. The van der Waals surface area contributed by atoms with Crippen LogP contribution in [0.5, 0.6) is 5.75 Å². The lowest BCUT2D eigenvalue weighted by Gasteiger charge is -2.37. The Bertz CT molecular complexity index is 798. The number of hydrogen-bond acceptors (Lipinski definition) is 7. The molecule has 8 heteroatoms. The average molecular weight is 341 g/mol. The van der Waals surface area contributed by atoms with E-state index in [2.05, 4.69) is 15.0 Å². The number of nitriles is 1. The summed E-state index contributed by atoms with van der Waals surface area (Å²) >= 11 is 0. The Kier molecular flexibility index (Phi) is 4.95. The van der Waals surface area contributed by atoms with E-state index in [1.54, 1.807) is 36.1 Å². The van der Waals surface area contributed by atoms with Crippen molar-refractivity contribution in [1.82, 2.24) is 19.9 Å². The van der Waals surface area contributed by atoms with E-state index in [0.717, 1.165) is 0 Å². The van der Waals surface area contributed by atoms with Gasteiger partial charge in [-0.2, -0.15) is 10.2 Å². The molecule has 0 radical (unpaired) electrons. The normalized spacial score (nSPS) is 18.0. The Balaban J connectivity index is 1.80. The predicted octanol–water partition coefficient (Wildman–Crippen LogP) is 1.41. The SMILES string of the molecule is Cc1noc(C2CN(C(=O)c3ccccc3OCC#N)CCN2C)n1. The van der Waals surface area contributed by atoms with Crippen molar-refractivity contribution in [3.63, 3.8) is 0 Å². The van der Waals surface area contributed by atoms with Crippen LogP contribution >= 0.6 is 0 Å². The van der Waals surface area contributed by atoms with Crippen molar-refractivity contribution in [2.24, 2.45) is 0 Å². The predicted molar refractivity (Wildman–Crippen MR) is 87.9 cm³/mol. The number of aryl methyl sites for hydroxylation is 1. The van der Waals surface area contributed by atoms with Crippen LogP contribution in [0.15, 0.2) is 28.8 Å². The van der Waals surface area contributed by atoms with E-state index in [0.29, 0.717) is 42.7 Å². The van der Waals surface area contributed by atoms with Crippen LogP contribution in [0.4, 0.5) is 0 Å². The number of carbonyl (C=O) groups excluding carboxylic acids is 1. The Morgan fingerprint density at radius 1 is 1.44 bits per heavy atom. The summed E-state index contributed by atoms with van der Waals surface area (Å²) in [6.07, 6.45) is 0. The highest BCUT2D eigenvalue weighted by Crippen LogP contribution is 2.26. The Hall–Kier alpha value is -2.92. The van der Waals surface area contributed by atoms with E-state index in [9.17, 15) is 4.79 Å². The van der Waals surface area contributed by atoms with Gasteiger partial charge in [0.15, 0.2) is 12.4 Å². The quantitative estimate of drug-likeness (QED) is 0.829. The summed E-state index contributed by atoms with van der Waals surface area (Å²) in [5.41, 5.74) is 0.447. The van der Waals surface area contributed by atoms with E-state index in [1.165, 1.54) is 0 Å². The summed E-state index contributed by atoms with van der Waals surface area (Å²) in [5, 5.41) is 12.5. The van der Waals surface area contributed by atoms with Gasteiger partial charge < -0.3 is 14.2 Å². The van der Waals surface area contributed by atoms with Crippen LogP contribution in [0.3, 0.4) is 0 Å². The Morgan fingerprint density at radius 2 is 2.24 bits per heavy atom. The molecule has 130 valence electrons. The van der Waals surface area contributed by atoms with Crippen LogP contribution in [-0.4, -0.2) is 59.1 Å². The summed E-state index contributed by atoms with van der Waals surface area (Å²) in [6, 6.07) is 8.73. The van der Waals surface area contributed by atoms with E-state index >= 15 is 0 Å². The van der Waals surface area contributed by atoms with E-state index in [-0.39, 0.29) is 18.6 Å². The molecule has 1 unspecified atom stereocenters. The highest BCUT2D eigenvalue weighted by molar-refractivity contribution is 5.97. The van der Waals surface area contributed by atoms with Crippen molar-refractivity contribution in [1.29, 1.82) is 5.26 Å². The smallest absolute Gasteiger partial charge is 0.257 e. The fourth-order valence-electron chi connectivity index (χ4n) is 2.82. The van der Waals surface area contributed by atoms with Crippen LogP contribution in [0, 0.1) is 18.3 Å². The van der Waals surface area contributed by atoms with Gasteiger partial charge in [-0.1, -0.05) is 17.3 Å². The molecule has 0 bridgehead atoms. The van der Waals surface area contributed by atoms with Crippen molar-refractivity contribution in [2.75, 3.05) is 33.3 Å². The molecule has 1 saturated heterocycles. The van der Waals surface area contributed by atoms with E-state index in [4.69, 9.17) is 14.5 Å². The average Bonchev–Trinajstić information content (AvgIpc) is 3.06. The first-order chi connectivity index (χ1) is 12.1. The molecule has 0 spiro atoms. The van der Waals surface area contributed by atoms with Crippen LogP contribution in [0.25, 0.3) is 0 Å². The highest BCUT2D eigenvalue weighted by atomic mass is 16.5. The molecule has 1 fully saturated rings. The molecular weight excluding hydrogens is 322 g/mol. The molecule has 0 saturated carbocycles. The van der Waals surface area contributed by atoms with Gasteiger partial charge in [0.05, 0.1) is 5.56 Å². The van der Waals surface area contributed by atoms with Gasteiger partial charge in [0.25, 0.3) is 5.91 Å². The molecule has 1 atom stereocenters. The van der Waals surface area contributed by atoms with Crippen LogP contribution in [0.1, 0.15) is 28.1 Å². The van der Waals surface area contributed by atoms with E-state index in [1.807, 2.05) is 13.1 Å². The van der Waals surface area contributed by atoms with Crippen LogP contribution in [-0.2, 0) is 0 Å². The molecule has 0 N–H and O–H groups in total. The molecule has 1 aliphatic heterocycles. The van der Waals surface area contributed by atoms with Gasteiger partial charge in [-0.15, -0.1) is 0 Å². The minimum atomic E-state index is -0.147. The minimum absolute atomic E-state index is 0.100. The van der Waals surface area contributed by atoms with Gasteiger partial charge in [0, 0.05) is 19.6 Å². The second-order valence-electron chi connectivity index (χ2n) is 5.87.